The lowest BCUT2D eigenvalue weighted by molar-refractivity contribution is -0.128. The van der Waals surface area contributed by atoms with Crippen molar-refractivity contribution in [1.29, 1.82) is 0 Å². The highest BCUT2D eigenvalue weighted by atomic mass is 19.2. The Balaban J connectivity index is 1.59. The first-order valence-electron chi connectivity index (χ1n) is 8.81. The molecule has 0 unspecified atom stereocenters. The van der Waals surface area contributed by atoms with Crippen LogP contribution in [0.1, 0.15) is 36.9 Å². The SMILES string of the molecule is C[C@@H](NC(=O)Nc1cccc(CN2CCCC2=O)c1)c1ccc(F)c(F)c1. The maximum Gasteiger partial charge on any atom is 0.319 e. The van der Waals surface area contributed by atoms with E-state index in [9.17, 15) is 18.4 Å². The Bertz CT molecular complexity index is 857. The summed E-state index contributed by atoms with van der Waals surface area (Å²) < 4.78 is 26.4. The van der Waals surface area contributed by atoms with Crippen LogP contribution < -0.4 is 10.6 Å². The molecule has 0 aliphatic carbocycles. The molecule has 5 nitrogen and oxygen atoms in total. The number of halogens is 2. The lowest BCUT2D eigenvalue weighted by atomic mass is 10.1. The molecule has 1 aliphatic rings. The minimum absolute atomic E-state index is 0.145. The molecule has 2 aromatic carbocycles. The maximum atomic E-state index is 13.3. The van der Waals surface area contributed by atoms with Crippen LogP contribution in [0.3, 0.4) is 0 Å². The molecule has 3 amide bonds. The van der Waals surface area contributed by atoms with Crippen molar-refractivity contribution in [2.45, 2.75) is 32.4 Å². The number of benzene rings is 2. The predicted molar refractivity (Wildman–Crippen MR) is 98.0 cm³/mol. The molecule has 0 bridgehead atoms. The van der Waals surface area contributed by atoms with Gasteiger partial charge >= 0.3 is 6.03 Å². The van der Waals surface area contributed by atoms with Crippen LogP contribution in [0, 0.1) is 11.6 Å². The molecule has 142 valence electrons. The molecule has 1 aliphatic heterocycles. The molecule has 1 atom stereocenters. The van der Waals surface area contributed by atoms with Crippen molar-refractivity contribution in [3.8, 4) is 0 Å². The molecule has 2 aromatic rings. The maximum absolute atomic E-state index is 13.3. The number of nitrogens with one attached hydrogen (secondary N) is 2. The predicted octanol–water partition coefficient (Wildman–Crippen LogP) is 3.97. The van der Waals surface area contributed by atoms with Crippen molar-refractivity contribution >= 4 is 17.6 Å². The average Bonchev–Trinajstić information content (AvgIpc) is 3.02. The first-order valence-corrected chi connectivity index (χ1v) is 8.81. The van der Waals surface area contributed by atoms with Gasteiger partial charge in [0.05, 0.1) is 6.04 Å². The van der Waals surface area contributed by atoms with Gasteiger partial charge in [-0.15, -0.1) is 0 Å². The van der Waals surface area contributed by atoms with Crippen molar-refractivity contribution in [1.82, 2.24) is 10.2 Å². The van der Waals surface area contributed by atoms with Gasteiger partial charge in [-0.3, -0.25) is 4.79 Å². The fraction of sp³-hybridized carbons (Fsp3) is 0.300. The summed E-state index contributed by atoms with van der Waals surface area (Å²) in [5.74, 6) is -1.74. The number of urea groups is 1. The number of hydrogen-bond acceptors (Lipinski definition) is 2. The van der Waals surface area contributed by atoms with Crippen molar-refractivity contribution in [2.75, 3.05) is 11.9 Å². The van der Waals surface area contributed by atoms with Gasteiger partial charge in [0.25, 0.3) is 0 Å². The summed E-state index contributed by atoms with van der Waals surface area (Å²) in [7, 11) is 0. The molecule has 1 heterocycles. The Morgan fingerprint density at radius 3 is 2.70 bits per heavy atom. The van der Waals surface area contributed by atoms with E-state index in [2.05, 4.69) is 10.6 Å². The zero-order valence-electron chi connectivity index (χ0n) is 15.0. The smallest absolute Gasteiger partial charge is 0.319 e. The van der Waals surface area contributed by atoms with Gasteiger partial charge < -0.3 is 15.5 Å². The zero-order chi connectivity index (χ0) is 19.4. The molecular weight excluding hydrogens is 352 g/mol. The number of nitrogens with zero attached hydrogens (tertiary/aromatic N) is 1. The first kappa shape index (κ1) is 18.8. The molecule has 0 spiro atoms. The lowest BCUT2D eigenvalue weighted by Crippen LogP contribution is -2.31. The molecule has 1 fully saturated rings. The Labute approximate surface area is 156 Å². The number of carbonyl (C=O) groups is 2. The standard InChI is InChI=1S/C20H21F2N3O2/c1-13(15-7-8-17(21)18(22)11-15)23-20(27)24-16-5-2-4-14(10-16)12-25-9-3-6-19(25)26/h2,4-5,7-8,10-11,13H,3,6,9,12H2,1H3,(H2,23,24,27)/t13-/m1/s1. The van der Waals surface area contributed by atoms with Crippen LogP contribution in [0.4, 0.5) is 19.3 Å². The topological polar surface area (TPSA) is 61.4 Å². The van der Waals surface area contributed by atoms with E-state index in [1.54, 1.807) is 17.9 Å². The number of likely N-dealkylation sites (tertiary alicyclic amines) is 1. The molecule has 0 aromatic heterocycles. The zero-order valence-corrected chi connectivity index (χ0v) is 15.0. The van der Waals surface area contributed by atoms with E-state index in [0.29, 0.717) is 24.2 Å². The quantitative estimate of drug-likeness (QED) is 0.833. The second-order valence-corrected chi connectivity index (χ2v) is 6.61. The molecule has 3 rings (SSSR count). The highest BCUT2D eigenvalue weighted by Gasteiger charge is 2.20. The lowest BCUT2D eigenvalue weighted by Gasteiger charge is -2.17. The summed E-state index contributed by atoms with van der Waals surface area (Å²) in [4.78, 5) is 25.7. The summed E-state index contributed by atoms with van der Waals surface area (Å²) in [6.45, 7) is 2.95. The minimum atomic E-state index is -0.953. The Kier molecular flexibility index (Phi) is 5.69. The van der Waals surface area contributed by atoms with E-state index in [1.807, 2.05) is 18.2 Å². The minimum Gasteiger partial charge on any atom is -0.338 e. The van der Waals surface area contributed by atoms with Crippen LogP contribution in [-0.2, 0) is 11.3 Å². The van der Waals surface area contributed by atoms with Crippen LogP contribution >= 0.6 is 0 Å². The fourth-order valence-corrected chi connectivity index (χ4v) is 3.07. The summed E-state index contributed by atoms with van der Waals surface area (Å²) in [6, 6.07) is 9.84. The fourth-order valence-electron chi connectivity index (χ4n) is 3.07. The van der Waals surface area contributed by atoms with Crippen LogP contribution in [-0.4, -0.2) is 23.4 Å². The molecule has 2 N–H and O–H groups in total. The molecule has 0 saturated carbocycles. The largest absolute Gasteiger partial charge is 0.338 e. The molecule has 27 heavy (non-hydrogen) atoms. The number of amides is 3. The van der Waals surface area contributed by atoms with Crippen molar-refractivity contribution in [2.24, 2.45) is 0 Å². The van der Waals surface area contributed by atoms with Crippen LogP contribution in [0.2, 0.25) is 0 Å². The monoisotopic (exact) mass is 373 g/mol. The van der Waals surface area contributed by atoms with Gasteiger partial charge in [0.15, 0.2) is 11.6 Å². The second kappa shape index (κ2) is 8.16. The van der Waals surface area contributed by atoms with E-state index in [1.165, 1.54) is 6.07 Å². The van der Waals surface area contributed by atoms with E-state index < -0.39 is 23.7 Å². The van der Waals surface area contributed by atoms with E-state index >= 15 is 0 Å². The van der Waals surface area contributed by atoms with Crippen LogP contribution in [0.15, 0.2) is 42.5 Å². The molecular formula is C20H21F2N3O2. The van der Waals surface area contributed by atoms with E-state index in [0.717, 1.165) is 30.7 Å². The van der Waals surface area contributed by atoms with Crippen LogP contribution in [0.25, 0.3) is 0 Å². The molecule has 0 radical (unpaired) electrons. The third kappa shape index (κ3) is 4.81. The van der Waals surface area contributed by atoms with Gasteiger partial charge in [0.1, 0.15) is 0 Å². The Morgan fingerprint density at radius 1 is 1.19 bits per heavy atom. The van der Waals surface area contributed by atoms with Crippen LogP contribution in [0.5, 0.6) is 0 Å². The van der Waals surface area contributed by atoms with Gasteiger partial charge in [0, 0.05) is 25.2 Å². The summed E-state index contributed by atoms with van der Waals surface area (Å²) in [5, 5.41) is 5.41. The summed E-state index contributed by atoms with van der Waals surface area (Å²) >= 11 is 0. The summed E-state index contributed by atoms with van der Waals surface area (Å²) in [5.41, 5.74) is 1.98. The number of carbonyl (C=O) groups excluding carboxylic acids is 2. The van der Waals surface area contributed by atoms with Crippen molar-refractivity contribution < 1.29 is 18.4 Å². The van der Waals surface area contributed by atoms with Crippen molar-refractivity contribution in [3.05, 3.63) is 65.2 Å². The Hall–Kier alpha value is -2.96. The van der Waals surface area contributed by atoms with E-state index in [4.69, 9.17) is 0 Å². The second-order valence-electron chi connectivity index (χ2n) is 6.61. The highest BCUT2D eigenvalue weighted by Crippen LogP contribution is 2.18. The molecule has 1 saturated heterocycles. The Morgan fingerprint density at radius 2 is 2.00 bits per heavy atom. The number of rotatable bonds is 5. The van der Waals surface area contributed by atoms with Crippen molar-refractivity contribution in [3.63, 3.8) is 0 Å². The van der Waals surface area contributed by atoms with Gasteiger partial charge in [0.2, 0.25) is 5.91 Å². The first-order chi connectivity index (χ1) is 12.9. The third-order valence-electron chi connectivity index (χ3n) is 4.52. The molecule has 7 heteroatoms. The number of hydrogen-bond donors (Lipinski definition) is 2. The third-order valence-corrected chi connectivity index (χ3v) is 4.52. The van der Waals surface area contributed by atoms with Gasteiger partial charge in [-0.1, -0.05) is 18.2 Å². The average molecular weight is 373 g/mol. The van der Waals surface area contributed by atoms with E-state index in [-0.39, 0.29) is 5.91 Å². The van der Waals surface area contributed by atoms with Gasteiger partial charge in [-0.2, -0.15) is 0 Å². The number of anilines is 1. The normalized spacial score (nSPS) is 14.9. The highest BCUT2D eigenvalue weighted by molar-refractivity contribution is 5.89. The summed E-state index contributed by atoms with van der Waals surface area (Å²) in [6.07, 6.45) is 1.46. The van der Waals surface area contributed by atoms with Gasteiger partial charge in [-0.05, 0) is 48.7 Å². The van der Waals surface area contributed by atoms with Gasteiger partial charge in [-0.25, -0.2) is 13.6 Å².